The molecule has 96 valence electrons. The first kappa shape index (κ1) is 12.3. The van der Waals surface area contributed by atoms with Crippen molar-refractivity contribution in [2.24, 2.45) is 5.73 Å². The zero-order chi connectivity index (χ0) is 12.3. The summed E-state index contributed by atoms with van der Waals surface area (Å²) in [4.78, 5) is 27.4. The number of piperazine rings is 1. The van der Waals surface area contributed by atoms with Crippen molar-refractivity contribution >= 4 is 11.8 Å². The van der Waals surface area contributed by atoms with Crippen LogP contribution in [0.4, 0.5) is 0 Å². The summed E-state index contributed by atoms with van der Waals surface area (Å²) in [6.45, 7) is 3.80. The third-order valence-electron chi connectivity index (χ3n) is 3.46. The molecule has 2 rings (SSSR count). The number of hydrogen-bond acceptors (Lipinski definition) is 4. The summed E-state index contributed by atoms with van der Waals surface area (Å²) < 4.78 is 0. The predicted octanol–water partition coefficient (Wildman–Crippen LogP) is -1.63. The molecule has 0 aromatic carbocycles. The van der Waals surface area contributed by atoms with Crippen LogP contribution < -0.4 is 11.1 Å². The van der Waals surface area contributed by atoms with Crippen LogP contribution >= 0.6 is 0 Å². The van der Waals surface area contributed by atoms with Gasteiger partial charge in [-0.25, -0.2) is 0 Å². The average molecular weight is 240 g/mol. The molecule has 0 saturated carbocycles. The van der Waals surface area contributed by atoms with Crippen LogP contribution in [0, 0.1) is 0 Å². The van der Waals surface area contributed by atoms with E-state index in [0.29, 0.717) is 6.54 Å². The number of likely N-dealkylation sites (tertiary alicyclic amines) is 1. The summed E-state index contributed by atoms with van der Waals surface area (Å²) >= 11 is 0. The molecule has 0 spiro atoms. The molecular weight excluding hydrogens is 220 g/mol. The summed E-state index contributed by atoms with van der Waals surface area (Å²) in [5.41, 5.74) is 5.37. The second-order valence-electron chi connectivity index (χ2n) is 4.52. The molecule has 0 aliphatic carbocycles. The quantitative estimate of drug-likeness (QED) is 0.607. The van der Waals surface area contributed by atoms with Crippen molar-refractivity contribution in [1.29, 1.82) is 0 Å². The lowest BCUT2D eigenvalue weighted by molar-refractivity contribution is -0.143. The van der Waals surface area contributed by atoms with Gasteiger partial charge in [0.25, 0.3) is 0 Å². The van der Waals surface area contributed by atoms with Gasteiger partial charge in [-0.3, -0.25) is 9.59 Å². The summed E-state index contributed by atoms with van der Waals surface area (Å²) in [5.74, 6) is -0.0261. The molecular formula is C11H20N4O2. The second kappa shape index (κ2) is 5.46. The lowest BCUT2D eigenvalue weighted by Gasteiger charge is -2.32. The van der Waals surface area contributed by atoms with Gasteiger partial charge in [-0.15, -0.1) is 0 Å². The van der Waals surface area contributed by atoms with Crippen molar-refractivity contribution < 1.29 is 9.59 Å². The minimum absolute atomic E-state index is 0.00860. The standard InChI is InChI=1S/C11H20N4O2/c12-8-10(16)15-5-1-2-9(15)11(17)14-6-3-13-4-7-14/h9,13H,1-8,12H2. The third kappa shape index (κ3) is 2.58. The molecule has 2 aliphatic rings. The number of hydrogen-bond donors (Lipinski definition) is 2. The monoisotopic (exact) mass is 240 g/mol. The number of nitrogens with one attached hydrogen (secondary N) is 1. The van der Waals surface area contributed by atoms with Gasteiger partial charge in [0.05, 0.1) is 6.54 Å². The Bertz CT molecular complexity index is 302. The Morgan fingerprint density at radius 1 is 1.24 bits per heavy atom. The Morgan fingerprint density at radius 2 is 1.94 bits per heavy atom. The van der Waals surface area contributed by atoms with Crippen LogP contribution in [0.3, 0.4) is 0 Å². The second-order valence-corrected chi connectivity index (χ2v) is 4.52. The number of rotatable bonds is 2. The molecule has 2 amide bonds. The molecule has 2 heterocycles. The first-order valence-electron chi connectivity index (χ1n) is 6.23. The molecule has 2 aliphatic heterocycles. The van der Waals surface area contributed by atoms with E-state index in [0.717, 1.165) is 39.0 Å². The number of amides is 2. The SMILES string of the molecule is NCC(=O)N1CCCC1C(=O)N1CCNCC1. The molecule has 2 fully saturated rings. The highest BCUT2D eigenvalue weighted by Gasteiger charge is 2.36. The largest absolute Gasteiger partial charge is 0.338 e. The minimum atomic E-state index is -0.274. The number of nitrogens with two attached hydrogens (primary N) is 1. The van der Waals surface area contributed by atoms with Crippen LogP contribution in [0.2, 0.25) is 0 Å². The van der Waals surface area contributed by atoms with E-state index < -0.39 is 0 Å². The fraction of sp³-hybridized carbons (Fsp3) is 0.818. The molecule has 0 aromatic rings. The van der Waals surface area contributed by atoms with E-state index in [4.69, 9.17) is 5.73 Å². The molecule has 17 heavy (non-hydrogen) atoms. The van der Waals surface area contributed by atoms with Gasteiger partial charge >= 0.3 is 0 Å². The van der Waals surface area contributed by atoms with Crippen LogP contribution in [0.5, 0.6) is 0 Å². The van der Waals surface area contributed by atoms with E-state index in [9.17, 15) is 9.59 Å². The van der Waals surface area contributed by atoms with Crippen LogP contribution in [-0.2, 0) is 9.59 Å². The van der Waals surface area contributed by atoms with E-state index in [1.807, 2.05) is 4.90 Å². The maximum absolute atomic E-state index is 12.3. The van der Waals surface area contributed by atoms with Crippen molar-refractivity contribution in [2.75, 3.05) is 39.3 Å². The number of carbonyl (C=O) groups excluding carboxylic acids is 2. The molecule has 2 saturated heterocycles. The summed E-state index contributed by atoms with van der Waals surface area (Å²) in [7, 11) is 0. The molecule has 0 aromatic heterocycles. The normalized spacial score (nSPS) is 25.1. The molecule has 3 N–H and O–H groups in total. The maximum atomic E-state index is 12.3. The summed E-state index contributed by atoms with van der Waals surface area (Å²) in [6.07, 6.45) is 1.67. The number of carbonyl (C=O) groups is 2. The summed E-state index contributed by atoms with van der Waals surface area (Å²) in [6, 6.07) is -0.274. The Hall–Kier alpha value is -1.14. The van der Waals surface area contributed by atoms with E-state index in [1.54, 1.807) is 4.90 Å². The topological polar surface area (TPSA) is 78.7 Å². The highest BCUT2D eigenvalue weighted by atomic mass is 16.2. The Morgan fingerprint density at radius 3 is 2.59 bits per heavy atom. The summed E-state index contributed by atoms with van der Waals surface area (Å²) in [5, 5.41) is 3.21. The highest BCUT2D eigenvalue weighted by molar-refractivity contribution is 5.89. The smallest absolute Gasteiger partial charge is 0.245 e. The molecule has 6 nitrogen and oxygen atoms in total. The molecule has 6 heteroatoms. The maximum Gasteiger partial charge on any atom is 0.245 e. The minimum Gasteiger partial charge on any atom is -0.338 e. The highest BCUT2D eigenvalue weighted by Crippen LogP contribution is 2.19. The Kier molecular flexibility index (Phi) is 3.96. The van der Waals surface area contributed by atoms with Crippen molar-refractivity contribution in [1.82, 2.24) is 15.1 Å². The van der Waals surface area contributed by atoms with Gasteiger partial charge < -0.3 is 20.9 Å². The third-order valence-corrected chi connectivity index (χ3v) is 3.46. The van der Waals surface area contributed by atoms with E-state index >= 15 is 0 Å². The molecule has 1 atom stereocenters. The fourth-order valence-corrected chi connectivity index (χ4v) is 2.54. The van der Waals surface area contributed by atoms with Gasteiger partial charge in [0, 0.05) is 32.7 Å². The van der Waals surface area contributed by atoms with E-state index in [-0.39, 0.29) is 24.4 Å². The van der Waals surface area contributed by atoms with Crippen LogP contribution in [0.15, 0.2) is 0 Å². The predicted molar refractivity (Wildman–Crippen MR) is 63.2 cm³/mol. The van der Waals surface area contributed by atoms with E-state index in [1.165, 1.54) is 0 Å². The van der Waals surface area contributed by atoms with Crippen LogP contribution in [0.25, 0.3) is 0 Å². The first-order valence-corrected chi connectivity index (χ1v) is 6.23. The van der Waals surface area contributed by atoms with Gasteiger partial charge in [-0.05, 0) is 12.8 Å². The van der Waals surface area contributed by atoms with Crippen molar-refractivity contribution in [3.8, 4) is 0 Å². The van der Waals surface area contributed by atoms with E-state index in [2.05, 4.69) is 5.32 Å². The van der Waals surface area contributed by atoms with Gasteiger partial charge in [0.1, 0.15) is 6.04 Å². The number of nitrogens with zero attached hydrogens (tertiary/aromatic N) is 2. The zero-order valence-electron chi connectivity index (χ0n) is 10.0. The zero-order valence-corrected chi connectivity index (χ0v) is 10.0. The lowest BCUT2D eigenvalue weighted by atomic mass is 10.1. The Balaban J connectivity index is 1.99. The Labute approximate surface area is 101 Å². The first-order chi connectivity index (χ1) is 8.24. The van der Waals surface area contributed by atoms with Crippen LogP contribution in [0.1, 0.15) is 12.8 Å². The van der Waals surface area contributed by atoms with Gasteiger partial charge in [-0.1, -0.05) is 0 Å². The molecule has 1 unspecified atom stereocenters. The van der Waals surface area contributed by atoms with Crippen molar-refractivity contribution in [3.63, 3.8) is 0 Å². The van der Waals surface area contributed by atoms with Crippen molar-refractivity contribution in [2.45, 2.75) is 18.9 Å². The van der Waals surface area contributed by atoms with Crippen LogP contribution in [-0.4, -0.2) is 66.9 Å². The van der Waals surface area contributed by atoms with Gasteiger partial charge in [0.15, 0.2) is 0 Å². The lowest BCUT2D eigenvalue weighted by Crippen LogP contribution is -2.54. The van der Waals surface area contributed by atoms with Crippen molar-refractivity contribution in [3.05, 3.63) is 0 Å². The molecule has 0 radical (unpaired) electrons. The van der Waals surface area contributed by atoms with Gasteiger partial charge in [-0.2, -0.15) is 0 Å². The fourth-order valence-electron chi connectivity index (χ4n) is 2.54. The molecule has 0 bridgehead atoms. The van der Waals surface area contributed by atoms with Gasteiger partial charge in [0.2, 0.25) is 11.8 Å². The average Bonchev–Trinajstić information content (AvgIpc) is 2.87.